The van der Waals surface area contributed by atoms with Gasteiger partial charge in [0.25, 0.3) is 5.91 Å². The molecule has 1 aromatic carbocycles. The van der Waals surface area contributed by atoms with Gasteiger partial charge in [0.2, 0.25) is 0 Å². The number of benzene rings is 1. The summed E-state index contributed by atoms with van der Waals surface area (Å²) >= 11 is 3.16. The average molecular weight is 395 g/mol. The van der Waals surface area contributed by atoms with E-state index in [-0.39, 0.29) is 11.3 Å². The number of nitrogens with zero attached hydrogens (tertiary/aromatic N) is 2. The van der Waals surface area contributed by atoms with Gasteiger partial charge in [-0.15, -0.1) is 23.1 Å². The van der Waals surface area contributed by atoms with Crippen molar-refractivity contribution in [1.82, 2.24) is 9.88 Å². The molecule has 0 aliphatic carbocycles. The van der Waals surface area contributed by atoms with Gasteiger partial charge in [0.1, 0.15) is 16.0 Å². The summed E-state index contributed by atoms with van der Waals surface area (Å²) in [4.78, 5) is 20.1. The topological polar surface area (TPSA) is 60.9 Å². The van der Waals surface area contributed by atoms with Crippen LogP contribution in [0.2, 0.25) is 0 Å². The van der Waals surface area contributed by atoms with Crippen molar-refractivity contribution in [1.29, 1.82) is 0 Å². The minimum absolute atomic E-state index is 0.0138. The Hall–Kier alpha value is -1.93. The molecule has 1 atom stereocenters. The van der Waals surface area contributed by atoms with E-state index in [1.165, 1.54) is 11.3 Å². The van der Waals surface area contributed by atoms with E-state index in [0.717, 1.165) is 22.0 Å². The van der Waals surface area contributed by atoms with Crippen molar-refractivity contribution in [3.05, 3.63) is 33.3 Å². The number of aromatic nitrogens is 1. The first kappa shape index (κ1) is 18.8. The molecule has 0 spiro atoms. The fourth-order valence-corrected chi connectivity index (χ4v) is 5.19. The van der Waals surface area contributed by atoms with E-state index in [1.54, 1.807) is 39.2 Å². The van der Waals surface area contributed by atoms with Gasteiger partial charge in [-0.1, -0.05) is 0 Å². The van der Waals surface area contributed by atoms with Crippen molar-refractivity contribution >= 4 is 29.0 Å². The Kier molecular flexibility index (Phi) is 5.62. The maximum atomic E-state index is 13.1. The van der Waals surface area contributed by atoms with Gasteiger partial charge in [0.15, 0.2) is 11.5 Å². The van der Waals surface area contributed by atoms with Gasteiger partial charge in [-0.05, 0) is 19.9 Å². The van der Waals surface area contributed by atoms with Gasteiger partial charge in [-0.2, -0.15) is 0 Å². The molecule has 1 aromatic heterocycles. The number of methoxy groups -OCH3 is 3. The number of amides is 1. The minimum atomic E-state index is -0.140. The second kappa shape index (κ2) is 7.75. The first-order valence-electron chi connectivity index (χ1n) is 8.16. The lowest BCUT2D eigenvalue weighted by molar-refractivity contribution is 0.0763. The molecule has 0 N–H and O–H groups in total. The summed E-state index contributed by atoms with van der Waals surface area (Å²) in [6, 6.07) is 3.70. The number of ether oxygens (including phenoxy) is 3. The predicted molar refractivity (Wildman–Crippen MR) is 104 cm³/mol. The molecular formula is C18H22N2O4S2. The second-order valence-corrected chi connectivity index (χ2v) is 8.21. The maximum Gasteiger partial charge on any atom is 0.267 e. The molecule has 0 radical (unpaired) electrons. The van der Waals surface area contributed by atoms with Crippen LogP contribution in [0.25, 0.3) is 0 Å². The molecule has 2 aromatic rings. The second-order valence-electron chi connectivity index (χ2n) is 5.82. The highest BCUT2D eigenvalue weighted by molar-refractivity contribution is 7.99. The molecule has 6 nitrogen and oxygen atoms in total. The van der Waals surface area contributed by atoms with Crippen LogP contribution in [0, 0.1) is 13.8 Å². The predicted octanol–water partition coefficient (Wildman–Crippen LogP) is 3.67. The number of carbonyl (C=O) groups excluding carboxylic acids is 1. The first-order chi connectivity index (χ1) is 12.5. The molecule has 140 valence electrons. The van der Waals surface area contributed by atoms with Crippen LogP contribution in [-0.2, 0) is 0 Å². The van der Waals surface area contributed by atoms with Gasteiger partial charge in [-0.25, -0.2) is 4.98 Å². The Morgan fingerprint density at radius 2 is 1.77 bits per heavy atom. The number of thioether (sulfide) groups is 1. The van der Waals surface area contributed by atoms with Gasteiger partial charge in [0, 0.05) is 23.9 Å². The summed E-state index contributed by atoms with van der Waals surface area (Å²) in [5.41, 5.74) is 1.69. The lowest BCUT2D eigenvalue weighted by atomic mass is 10.1. The number of thiazole rings is 1. The average Bonchev–Trinajstić information content (AvgIpc) is 3.26. The fourth-order valence-electron chi connectivity index (χ4n) is 3.04. The van der Waals surface area contributed by atoms with Gasteiger partial charge >= 0.3 is 0 Å². The number of carbonyl (C=O) groups is 1. The summed E-state index contributed by atoms with van der Waals surface area (Å²) in [7, 11) is 4.81. The zero-order valence-corrected chi connectivity index (χ0v) is 17.1. The van der Waals surface area contributed by atoms with Crippen molar-refractivity contribution in [3.63, 3.8) is 0 Å². The van der Waals surface area contributed by atoms with Crippen molar-refractivity contribution in [3.8, 4) is 17.2 Å². The minimum Gasteiger partial charge on any atom is -0.496 e. The Bertz CT molecular complexity index is 822. The highest BCUT2D eigenvalue weighted by Crippen LogP contribution is 2.46. The van der Waals surface area contributed by atoms with Crippen LogP contribution in [0.15, 0.2) is 12.1 Å². The lowest BCUT2D eigenvalue weighted by Crippen LogP contribution is -2.30. The molecule has 1 aliphatic heterocycles. The Morgan fingerprint density at radius 3 is 2.35 bits per heavy atom. The van der Waals surface area contributed by atoms with Crippen LogP contribution in [-0.4, -0.2) is 49.4 Å². The van der Waals surface area contributed by atoms with E-state index in [4.69, 9.17) is 14.2 Å². The van der Waals surface area contributed by atoms with E-state index in [9.17, 15) is 4.79 Å². The third-order valence-electron chi connectivity index (χ3n) is 4.25. The number of hydrogen-bond acceptors (Lipinski definition) is 7. The first-order valence-corrected chi connectivity index (χ1v) is 10.0. The standard InChI is InChI=1S/C18H22N2O4S2/c1-10-16(26-11(2)19-10)17(21)20-6-7-25-18(20)12-8-14(23-4)15(24-5)9-13(12)22-3/h8-9,18H,6-7H2,1-5H3. The summed E-state index contributed by atoms with van der Waals surface area (Å²) < 4.78 is 16.4. The van der Waals surface area contributed by atoms with Crippen LogP contribution in [0.1, 0.15) is 31.3 Å². The van der Waals surface area contributed by atoms with Crippen molar-refractivity contribution in [2.45, 2.75) is 19.2 Å². The molecule has 0 saturated carbocycles. The molecule has 1 unspecified atom stereocenters. The van der Waals surface area contributed by atoms with E-state index in [0.29, 0.717) is 28.7 Å². The Morgan fingerprint density at radius 1 is 1.12 bits per heavy atom. The maximum absolute atomic E-state index is 13.1. The van der Waals surface area contributed by atoms with Crippen LogP contribution in [0.3, 0.4) is 0 Å². The molecule has 1 amide bonds. The van der Waals surface area contributed by atoms with Crippen molar-refractivity contribution in [2.24, 2.45) is 0 Å². The fraction of sp³-hybridized carbons (Fsp3) is 0.444. The van der Waals surface area contributed by atoms with Crippen molar-refractivity contribution in [2.75, 3.05) is 33.6 Å². The largest absolute Gasteiger partial charge is 0.496 e. The molecular weight excluding hydrogens is 372 g/mol. The zero-order chi connectivity index (χ0) is 18.8. The zero-order valence-electron chi connectivity index (χ0n) is 15.5. The molecule has 1 fully saturated rings. The summed E-state index contributed by atoms with van der Waals surface area (Å²) in [5.74, 6) is 2.78. The SMILES string of the molecule is COc1cc(OC)c(C2SCCN2C(=O)c2sc(C)nc2C)cc1OC. The number of hydrogen-bond donors (Lipinski definition) is 0. The third kappa shape index (κ3) is 3.35. The Labute approximate surface area is 161 Å². The summed E-state index contributed by atoms with van der Waals surface area (Å²) in [6.45, 7) is 4.48. The third-order valence-corrected chi connectivity index (χ3v) is 6.55. The number of rotatable bonds is 5. The highest BCUT2D eigenvalue weighted by atomic mass is 32.2. The summed E-state index contributed by atoms with van der Waals surface area (Å²) in [6.07, 6.45) is 0. The van der Waals surface area contributed by atoms with Crippen molar-refractivity contribution < 1.29 is 19.0 Å². The van der Waals surface area contributed by atoms with Gasteiger partial charge < -0.3 is 19.1 Å². The van der Waals surface area contributed by atoms with Gasteiger partial charge in [0.05, 0.1) is 32.0 Å². The van der Waals surface area contributed by atoms with E-state index < -0.39 is 0 Å². The van der Waals surface area contributed by atoms with Crippen LogP contribution >= 0.6 is 23.1 Å². The quantitative estimate of drug-likeness (QED) is 0.771. The van der Waals surface area contributed by atoms with E-state index in [2.05, 4.69) is 4.98 Å². The van der Waals surface area contributed by atoms with Gasteiger partial charge in [-0.3, -0.25) is 4.79 Å². The number of aryl methyl sites for hydroxylation is 2. The van der Waals surface area contributed by atoms with E-state index in [1.807, 2.05) is 24.8 Å². The van der Waals surface area contributed by atoms with Crippen LogP contribution < -0.4 is 14.2 Å². The summed E-state index contributed by atoms with van der Waals surface area (Å²) in [5, 5.41) is 0.761. The molecule has 1 aliphatic rings. The Balaban J connectivity index is 2.00. The molecule has 2 heterocycles. The van der Waals surface area contributed by atoms with Crippen LogP contribution in [0.5, 0.6) is 17.2 Å². The highest BCUT2D eigenvalue weighted by Gasteiger charge is 2.35. The molecule has 3 rings (SSSR count). The normalized spacial score (nSPS) is 16.7. The smallest absolute Gasteiger partial charge is 0.267 e. The molecule has 26 heavy (non-hydrogen) atoms. The lowest BCUT2D eigenvalue weighted by Gasteiger charge is -2.26. The monoisotopic (exact) mass is 394 g/mol. The van der Waals surface area contributed by atoms with E-state index >= 15 is 0 Å². The molecule has 1 saturated heterocycles. The molecule has 8 heteroatoms. The molecule has 0 bridgehead atoms. The van der Waals surface area contributed by atoms with Crippen LogP contribution in [0.4, 0.5) is 0 Å².